The van der Waals surface area contributed by atoms with Gasteiger partial charge >= 0.3 is 12.0 Å². The lowest BCUT2D eigenvalue weighted by Crippen LogP contribution is -2.66. The van der Waals surface area contributed by atoms with Gasteiger partial charge in [-0.3, -0.25) is 4.21 Å². The number of nitrogens with one attached hydrogen (secondary N) is 1. The molecule has 1 aliphatic rings. The van der Waals surface area contributed by atoms with Gasteiger partial charge in [0.1, 0.15) is 12.2 Å². The van der Waals surface area contributed by atoms with E-state index in [4.69, 9.17) is 9.84 Å². The van der Waals surface area contributed by atoms with E-state index >= 15 is 0 Å². The number of nitrogens with zero attached hydrogens (tertiary/aromatic N) is 1. The summed E-state index contributed by atoms with van der Waals surface area (Å²) >= 11 is 0. The highest BCUT2D eigenvalue weighted by atomic mass is 32.2. The maximum absolute atomic E-state index is 11.8. The standard InChI is InChI=1S/C11H20N2O5S/c1-8(5-19(3)17)12-10(16)13-6-11(2,7-13)18-4-9(14)15/h8H,4-7H2,1-3H3,(H,12,16)(H,14,15). The molecular formula is C11H20N2O5S. The monoisotopic (exact) mass is 292 g/mol. The third kappa shape index (κ3) is 5.15. The van der Waals surface area contributed by atoms with Gasteiger partial charge in [0.05, 0.1) is 13.1 Å². The van der Waals surface area contributed by atoms with Crippen molar-refractivity contribution in [1.82, 2.24) is 10.2 Å². The minimum atomic E-state index is -1.02. The first-order valence-corrected chi connectivity index (χ1v) is 7.66. The fourth-order valence-corrected chi connectivity index (χ4v) is 2.72. The van der Waals surface area contributed by atoms with Gasteiger partial charge in [0.2, 0.25) is 0 Å². The highest BCUT2D eigenvalue weighted by Crippen LogP contribution is 2.24. The van der Waals surface area contributed by atoms with Gasteiger partial charge in [-0.1, -0.05) is 0 Å². The summed E-state index contributed by atoms with van der Waals surface area (Å²) in [6.07, 6.45) is 1.59. The third-order valence-electron chi connectivity index (χ3n) is 2.74. The molecule has 0 bridgehead atoms. The number of carboxylic acid groups (broad SMARTS) is 1. The molecule has 19 heavy (non-hydrogen) atoms. The van der Waals surface area contributed by atoms with E-state index in [0.717, 1.165) is 0 Å². The molecule has 1 aliphatic heterocycles. The highest BCUT2D eigenvalue weighted by molar-refractivity contribution is 7.84. The molecule has 0 radical (unpaired) electrons. The first-order valence-electron chi connectivity index (χ1n) is 5.93. The van der Waals surface area contributed by atoms with Crippen LogP contribution in [0.3, 0.4) is 0 Å². The zero-order valence-electron chi connectivity index (χ0n) is 11.3. The average molecular weight is 292 g/mol. The summed E-state index contributed by atoms with van der Waals surface area (Å²) in [5.41, 5.74) is -0.591. The van der Waals surface area contributed by atoms with Crippen molar-refractivity contribution in [3.05, 3.63) is 0 Å². The number of carboxylic acids is 1. The molecule has 0 aromatic rings. The van der Waals surface area contributed by atoms with Crippen LogP contribution in [0.25, 0.3) is 0 Å². The zero-order chi connectivity index (χ0) is 14.6. The molecule has 1 heterocycles. The number of carbonyl (C=O) groups excluding carboxylic acids is 1. The Balaban J connectivity index is 2.31. The number of rotatable bonds is 6. The van der Waals surface area contributed by atoms with Crippen LogP contribution in [0.2, 0.25) is 0 Å². The summed E-state index contributed by atoms with van der Waals surface area (Å²) in [5, 5.41) is 11.3. The van der Waals surface area contributed by atoms with E-state index in [-0.39, 0.29) is 18.7 Å². The quantitative estimate of drug-likeness (QED) is 0.697. The van der Waals surface area contributed by atoms with Crippen LogP contribution in [0.1, 0.15) is 13.8 Å². The normalized spacial score (nSPS) is 20.3. The van der Waals surface area contributed by atoms with Gasteiger partial charge in [-0.15, -0.1) is 0 Å². The Morgan fingerprint density at radius 1 is 1.53 bits per heavy atom. The van der Waals surface area contributed by atoms with Crippen molar-refractivity contribution >= 4 is 22.8 Å². The Bertz CT molecular complexity index is 381. The van der Waals surface area contributed by atoms with Crippen LogP contribution < -0.4 is 5.32 Å². The molecule has 8 heteroatoms. The minimum absolute atomic E-state index is 0.162. The summed E-state index contributed by atoms with van der Waals surface area (Å²) < 4.78 is 16.2. The molecule has 110 valence electrons. The van der Waals surface area contributed by atoms with Crippen molar-refractivity contribution in [2.24, 2.45) is 0 Å². The molecule has 0 aromatic carbocycles. The topological polar surface area (TPSA) is 95.9 Å². The summed E-state index contributed by atoms with van der Waals surface area (Å²) in [7, 11) is -0.956. The lowest BCUT2D eigenvalue weighted by Gasteiger charge is -2.47. The lowest BCUT2D eigenvalue weighted by molar-refractivity contribution is -0.159. The molecule has 2 atom stereocenters. The number of hydrogen-bond donors (Lipinski definition) is 2. The molecule has 0 spiro atoms. The Labute approximate surface area is 114 Å². The van der Waals surface area contributed by atoms with Crippen LogP contribution in [0, 0.1) is 0 Å². The second-order valence-corrected chi connectivity index (χ2v) is 6.56. The Hall–Kier alpha value is -1.15. The van der Waals surface area contributed by atoms with Crippen LogP contribution in [0.5, 0.6) is 0 Å². The number of aliphatic carboxylic acids is 1. The Morgan fingerprint density at radius 3 is 2.58 bits per heavy atom. The van der Waals surface area contributed by atoms with Gasteiger partial charge in [0.25, 0.3) is 0 Å². The molecule has 0 aliphatic carbocycles. The van der Waals surface area contributed by atoms with Crippen molar-refractivity contribution in [1.29, 1.82) is 0 Å². The van der Waals surface area contributed by atoms with Crippen LogP contribution >= 0.6 is 0 Å². The fraction of sp³-hybridized carbons (Fsp3) is 0.818. The molecule has 7 nitrogen and oxygen atoms in total. The summed E-state index contributed by atoms with van der Waals surface area (Å²) in [4.78, 5) is 23.7. The van der Waals surface area contributed by atoms with Crippen LogP contribution in [-0.4, -0.2) is 69.6 Å². The van der Waals surface area contributed by atoms with Crippen molar-refractivity contribution in [2.75, 3.05) is 31.7 Å². The zero-order valence-corrected chi connectivity index (χ0v) is 12.2. The lowest BCUT2D eigenvalue weighted by atomic mass is 9.97. The maximum atomic E-state index is 11.8. The molecule has 2 amide bonds. The fourth-order valence-electron chi connectivity index (χ4n) is 1.93. The Morgan fingerprint density at radius 2 is 2.11 bits per heavy atom. The number of hydrogen-bond acceptors (Lipinski definition) is 4. The van der Waals surface area contributed by atoms with Crippen molar-refractivity contribution in [2.45, 2.75) is 25.5 Å². The van der Waals surface area contributed by atoms with Crippen molar-refractivity contribution < 1.29 is 23.6 Å². The largest absolute Gasteiger partial charge is 0.480 e. The van der Waals surface area contributed by atoms with Gasteiger partial charge in [-0.05, 0) is 13.8 Å². The smallest absolute Gasteiger partial charge is 0.329 e. The second-order valence-electron chi connectivity index (χ2n) is 5.08. The molecule has 0 aromatic heterocycles. The first-order chi connectivity index (χ1) is 8.72. The molecule has 2 N–H and O–H groups in total. The van der Waals surface area contributed by atoms with Gasteiger partial charge < -0.3 is 20.1 Å². The first kappa shape index (κ1) is 15.9. The Kier molecular flexibility index (Phi) is 5.30. The second kappa shape index (κ2) is 6.33. The van der Waals surface area contributed by atoms with E-state index in [0.29, 0.717) is 18.8 Å². The average Bonchev–Trinajstić information content (AvgIpc) is 2.20. The number of carbonyl (C=O) groups is 2. The van der Waals surface area contributed by atoms with E-state index in [2.05, 4.69) is 5.32 Å². The number of likely N-dealkylation sites (tertiary alicyclic amines) is 1. The van der Waals surface area contributed by atoms with E-state index in [9.17, 15) is 13.8 Å². The molecule has 2 unspecified atom stereocenters. The van der Waals surface area contributed by atoms with E-state index in [1.165, 1.54) is 4.90 Å². The number of ether oxygens (including phenoxy) is 1. The SMILES string of the molecule is CC(CS(C)=O)NC(=O)N1CC(C)(OCC(=O)O)C1. The van der Waals surface area contributed by atoms with Gasteiger partial charge in [0, 0.05) is 28.9 Å². The predicted molar refractivity (Wildman–Crippen MR) is 70.5 cm³/mol. The van der Waals surface area contributed by atoms with E-state index < -0.39 is 22.4 Å². The highest BCUT2D eigenvalue weighted by Gasteiger charge is 2.42. The van der Waals surface area contributed by atoms with E-state index in [1.54, 1.807) is 20.1 Å². The molecule has 1 fully saturated rings. The van der Waals surface area contributed by atoms with Gasteiger partial charge in [0.15, 0.2) is 0 Å². The van der Waals surface area contributed by atoms with Crippen molar-refractivity contribution in [3.63, 3.8) is 0 Å². The third-order valence-corrected chi connectivity index (χ3v) is 3.71. The maximum Gasteiger partial charge on any atom is 0.329 e. The van der Waals surface area contributed by atoms with Crippen molar-refractivity contribution in [3.8, 4) is 0 Å². The summed E-state index contributed by atoms with van der Waals surface area (Å²) in [5.74, 6) is -0.616. The molecule has 1 saturated heterocycles. The van der Waals surface area contributed by atoms with Crippen LogP contribution in [-0.2, 0) is 20.3 Å². The summed E-state index contributed by atoms with van der Waals surface area (Å²) in [6.45, 7) is 3.91. The van der Waals surface area contributed by atoms with Gasteiger partial charge in [-0.25, -0.2) is 9.59 Å². The summed E-state index contributed by atoms with van der Waals surface area (Å²) in [6, 6.07) is -0.403. The van der Waals surface area contributed by atoms with Crippen LogP contribution in [0.4, 0.5) is 4.79 Å². The number of amides is 2. The molecule has 1 rings (SSSR count). The predicted octanol–water partition coefficient (Wildman–Crippen LogP) is -0.361. The number of urea groups is 1. The molecule has 0 saturated carbocycles. The minimum Gasteiger partial charge on any atom is -0.480 e. The molecular weight excluding hydrogens is 272 g/mol. The van der Waals surface area contributed by atoms with Gasteiger partial charge in [-0.2, -0.15) is 0 Å². The van der Waals surface area contributed by atoms with Crippen LogP contribution in [0.15, 0.2) is 0 Å². The van der Waals surface area contributed by atoms with E-state index in [1.807, 2.05) is 0 Å².